The molecule has 104 valence electrons. The number of rotatable bonds is 1. The van der Waals surface area contributed by atoms with Gasteiger partial charge in [0.15, 0.2) is 5.11 Å². The van der Waals surface area contributed by atoms with Gasteiger partial charge in [0.2, 0.25) is 0 Å². The summed E-state index contributed by atoms with van der Waals surface area (Å²) in [5.41, 5.74) is 0.880. The smallest absolute Gasteiger partial charge is 0.173 e. The zero-order valence-corrected chi connectivity index (χ0v) is 13.4. The molecule has 0 bridgehead atoms. The number of nitrogens with one attached hydrogen (secondary N) is 1. The summed E-state index contributed by atoms with van der Waals surface area (Å²) in [6, 6.07) is 5.46. The zero-order chi connectivity index (χ0) is 14.0. The highest BCUT2D eigenvalue weighted by Gasteiger charge is 2.23. The molecule has 1 fully saturated rings. The molecule has 1 saturated heterocycles. The lowest BCUT2D eigenvalue weighted by atomic mass is 9.92. The van der Waals surface area contributed by atoms with Crippen LogP contribution in [0.15, 0.2) is 18.2 Å². The molecule has 1 aliphatic heterocycles. The van der Waals surface area contributed by atoms with Crippen LogP contribution in [-0.4, -0.2) is 23.1 Å². The molecule has 2 atom stereocenters. The first-order chi connectivity index (χ1) is 8.95. The summed E-state index contributed by atoms with van der Waals surface area (Å²) in [7, 11) is 0. The molecule has 5 heteroatoms. The van der Waals surface area contributed by atoms with Crippen molar-refractivity contribution in [3.05, 3.63) is 28.2 Å². The first-order valence-electron chi connectivity index (χ1n) is 6.46. The van der Waals surface area contributed by atoms with Crippen molar-refractivity contribution < 1.29 is 0 Å². The molecule has 0 aliphatic carbocycles. The number of thiocarbonyl (C=S) groups is 1. The second kappa shape index (κ2) is 6.29. The molecular formula is C14H18Cl2N2S. The van der Waals surface area contributed by atoms with Gasteiger partial charge >= 0.3 is 0 Å². The van der Waals surface area contributed by atoms with Crippen LogP contribution < -0.4 is 5.32 Å². The Bertz CT molecular complexity index is 469. The first kappa shape index (κ1) is 14.9. The molecule has 0 unspecified atom stereocenters. The van der Waals surface area contributed by atoms with Gasteiger partial charge in [0.25, 0.3) is 0 Å². The fourth-order valence-electron chi connectivity index (χ4n) is 2.61. The van der Waals surface area contributed by atoms with Crippen molar-refractivity contribution in [2.45, 2.75) is 20.3 Å². The standard InChI is InChI=1S/C14H18Cl2N2S/c1-9-5-10(2)8-18(7-9)14(19)17-11-3-4-12(15)13(16)6-11/h3-4,6,9-10H,5,7-8H2,1-2H3,(H,17,19)/t9-,10-/m0/s1. The highest BCUT2D eigenvalue weighted by molar-refractivity contribution is 7.80. The Kier molecular flexibility index (Phi) is 4.93. The van der Waals surface area contributed by atoms with E-state index in [-0.39, 0.29) is 0 Å². The minimum absolute atomic E-state index is 0.537. The Labute approximate surface area is 130 Å². The highest BCUT2D eigenvalue weighted by Crippen LogP contribution is 2.26. The third-order valence-corrected chi connectivity index (χ3v) is 4.43. The van der Waals surface area contributed by atoms with Gasteiger partial charge < -0.3 is 10.2 Å². The van der Waals surface area contributed by atoms with Crippen LogP contribution in [0.4, 0.5) is 5.69 Å². The monoisotopic (exact) mass is 316 g/mol. The van der Waals surface area contributed by atoms with Gasteiger partial charge in [0.1, 0.15) is 0 Å². The van der Waals surface area contributed by atoms with Crippen molar-refractivity contribution in [1.82, 2.24) is 4.90 Å². The van der Waals surface area contributed by atoms with Gasteiger partial charge in [-0.2, -0.15) is 0 Å². The lowest BCUT2D eigenvalue weighted by Crippen LogP contribution is -2.44. The minimum atomic E-state index is 0.537. The van der Waals surface area contributed by atoms with E-state index in [1.165, 1.54) is 6.42 Å². The van der Waals surface area contributed by atoms with E-state index in [1.54, 1.807) is 12.1 Å². The molecule has 2 rings (SSSR count). The zero-order valence-electron chi connectivity index (χ0n) is 11.1. The van der Waals surface area contributed by atoms with Crippen molar-refractivity contribution in [3.8, 4) is 0 Å². The van der Waals surface area contributed by atoms with Crippen molar-refractivity contribution in [2.24, 2.45) is 11.8 Å². The molecule has 1 N–H and O–H groups in total. The summed E-state index contributed by atoms with van der Waals surface area (Å²) >= 11 is 17.4. The molecule has 0 amide bonds. The maximum Gasteiger partial charge on any atom is 0.173 e. The first-order valence-corrected chi connectivity index (χ1v) is 7.63. The molecule has 0 aromatic heterocycles. The summed E-state index contributed by atoms with van der Waals surface area (Å²) in [5.74, 6) is 1.36. The van der Waals surface area contributed by atoms with Gasteiger partial charge in [-0.05, 0) is 48.7 Å². The third kappa shape index (κ3) is 3.98. The van der Waals surface area contributed by atoms with Crippen LogP contribution in [0.3, 0.4) is 0 Å². The summed E-state index contributed by atoms with van der Waals surface area (Å²) < 4.78 is 0. The Morgan fingerprint density at radius 1 is 1.21 bits per heavy atom. The van der Waals surface area contributed by atoms with Crippen molar-refractivity contribution in [2.75, 3.05) is 18.4 Å². The predicted molar refractivity (Wildman–Crippen MR) is 87.2 cm³/mol. The Balaban J connectivity index is 2.02. The van der Waals surface area contributed by atoms with Crippen LogP contribution in [0.5, 0.6) is 0 Å². The number of benzene rings is 1. The van der Waals surface area contributed by atoms with Crippen LogP contribution in [0.1, 0.15) is 20.3 Å². The fraction of sp³-hybridized carbons (Fsp3) is 0.500. The van der Waals surface area contributed by atoms with E-state index in [0.29, 0.717) is 21.9 Å². The van der Waals surface area contributed by atoms with E-state index >= 15 is 0 Å². The summed E-state index contributed by atoms with van der Waals surface area (Å²) in [5, 5.41) is 5.09. The van der Waals surface area contributed by atoms with Crippen molar-refractivity contribution in [1.29, 1.82) is 0 Å². The molecule has 1 aliphatic rings. The third-order valence-electron chi connectivity index (χ3n) is 3.33. The number of piperidine rings is 1. The Morgan fingerprint density at radius 2 is 1.84 bits per heavy atom. The second-order valence-electron chi connectivity index (χ2n) is 5.41. The average molecular weight is 317 g/mol. The van der Waals surface area contributed by atoms with E-state index in [4.69, 9.17) is 35.4 Å². The minimum Gasteiger partial charge on any atom is -0.348 e. The van der Waals surface area contributed by atoms with Gasteiger partial charge in [-0.15, -0.1) is 0 Å². The molecule has 0 saturated carbocycles. The second-order valence-corrected chi connectivity index (χ2v) is 6.61. The van der Waals surface area contributed by atoms with E-state index < -0.39 is 0 Å². The number of halogens is 2. The average Bonchev–Trinajstić information content (AvgIpc) is 2.32. The summed E-state index contributed by atoms with van der Waals surface area (Å²) in [4.78, 5) is 2.23. The Hall–Kier alpha value is -0.510. The maximum absolute atomic E-state index is 6.00. The normalized spacial score (nSPS) is 23.3. The molecule has 0 radical (unpaired) electrons. The summed E-state index contributed by atoms with van der Waals surface area (Å²) in [6.45, 7) is 6.56. The fourth-order valence-corrected chi connectivity index (χ4v) is 3.17. The van der Waals surface area contributed by atoms with E-state index in [1.807, 2.05) is 6.07 Å². The van der Waals surface area contributed by atoms with Crippen LogP contribution in [0.2, 0.25) is 10.0 Å². The van der Waals surface area contributed by atoms with Crippen LogP contribution in [0, 0.1) is 11.8 Å². The molecule has 19 heavy (non-hydrogen) atoms. The molecule has 1 aromatic carbocycles. The Morgan fingerprint density at radius 3 is 2.42 bits per heavy atom. The number of likely N-dealkylation sites (tertiary alicyclic amines) is 1. The largest absolute Gasteiger partial charge is 0.348 e. The van der Waals surface area contributed by atoms with Crippen LogP contribution in [0.25, 0.3) is 0 Å². The van der Waals surface area contributed by atoms with E-state index in [0.717, 1.165) is 23.9 Å². The predicted octanol–water partition coefficient (Wildman–Crippen LogP) is 4.67. The lowest BCUT2D eigenvalue weighted by Gasteiger charge is -2.36. The summed E-state index contributed by atoms with van der Waals surface area (Å²) in [6.07, 6.45) is 1.27. The van der Waals surface area contributed by atoms with Crippen molar-refractivity contribution >= 4 is 46.2 Å². The van der Waals surface area contributed by atoms with Gasteiger partial charge in [0.05, 0.1) is 10.0 Å². The molecule has 1 heterocycles. The molecule has 1 aromatic rings. The highest BCUT2D eigenvalue weighted by atomic mass is 35.5. The molecule has 2 nitrogen and oxygen atoms in total. The molecular weight excluding hydrogens is 299 g/mol. The van der Waals surface area contributed by atoms with Gasteiger partial charge in [-0.3, -0.25) is 0 Å². The topological polar surface area (TPSA) is 15.3 Å². The van der Waals surface area contributed by atoms with Gasteiger partial charge in [-0.1, -0.05) is 37.0 Å². The maximum atomic E-state index is 6.00. The number of nitrogens with zero attached hydrogens (tertiary/aromatic N) is 1. The van der Waals surface area contributed by atoms with Gasteiger partial charge in [-0.25, -0.2) is 0 Å². The SMILES string of the molecule is C[C@H]1C[C@H](C)CN(C(=S)Nc2ccc(Cl)c(Cl)c2)C1. The van der Waals surface area contributed by atoms with Crippen LogP contribution in [-0.2, 0) is 0 Å². The molecule has 0 spiro atoms. The van der Waals surface area contributed by atoms with Crippen molar-refractivity contribution in [3.63, 3.8) is 0 Å². The number of hydrogen-bond donors (Lipinski definition) is 1. The quantitative estimate of drug-likeness (QED) is 0.758. The van der Waals surface area contributed by atoms with E-state index in [2.05, 4.69) is 24.1 Å². The van der Waals surface area contributed by atoms with E-state index in [9.17, 15) is 0 Å². The lowest BCUT2D eigenvalue weighted by molar-refractivity contribution is 0.216. The van der Waals surface area contributed by atoms with Gasteiger partial charge in [0, 0.05) is 18.8 Å². The number of anilines is 1. The van der Waals surface area contributed by atoms with Crippen LogP contribution >= 0.6 is 35.4 Å². The number of hydrogen-bond acceptors (Lipinski definition) is 1.